The molecule has 1 atom stereocenters. The Morgan fingerprint density at radius 1 is 0.711 bits per heavy atom. The highest BCUT2D eigenvalue weighted by Crippen LogP contribution is 2.79. The van der Waals surface area contributed by atoms with Gasteiger partial charge in [-0.3, -0.25) is 9.97 Å². The van der Waals surface area contributed by atoms with Crippen LogP contribution < -0.4 is 0 Å². The van der Waals surface area contributed by atoms with Gasteiger partial charge in [0.1, 0.15) is 0 Å². The van der Waals surface area contributed by atoms with Gasteiger partial charge in [0.25, 0.3) is 0 Å². The van der Waals surface area contributed by atoms with Gasteiger partial charge in [-0.1, -0.05) is 52.5 Å². The summed E-state index contributed by atoms with van der Waals surface area (Å²) in [6.45, 7) is 7.33. The van der Waals surface area contributed by atoms with Gasteiger partial charge in [-0.05, 0) is 175 Å². The van der Waals surface area contributed by atoms with E-state index in [1.807, 2.05) is 12.4 Å². The predicted octanol–water partition coefficient (Wildman–Crippen LogP) is 10.7. The van der Waals surface area contributed by atoms with Crippen LogP contribution in [0.1, 0.15) is 115 Å². The van der Waals surface area contributed by atoms with Crippen LogP contribution in [-0.2, 0) is 5.16 Å². The minimum atomic E-state index is -0.314. The number of aromatic nitrogens is 2. The lowest BCUT2D eigenvalue weighted by atomic mass is 9.55. The van der Waals surface area contributed by atoms with Crippen LogP contribution in [-0.4, -0.2) is 26.4 Å². The van der Waals surface area contributed by atoms with Crippen molar-refractivity contribution in [3.05, 3.63) is 83.0 Å². The Balaban J connectivity index is 1.22. The van der Waals surface area contributed by atoms with Gasteiger partial charge in [0.15, 0.2) is 0 Å². The molecular formula is C41H54N2P2. The average Bonchev–Trinajstić information content (AvgIpc) is 3.44. The van der Waals surface area contributed by atoms with E-state index >= 15 is 0 Å². The predicted molar refractivity (Wildman–Crippen MR) is 192 cm³/mol. The molecule has 1 unspecified atom stereocenters. The van der Waals surface area contributed by atoms with Gasteiger partial charge >= 0.3 is 0 Å². The number of pyridine rings is 2. The fourth-order valence-corrected chi connectivity index (χ4v) is 19.0. The van der Waals surface area contributed by atoms with Crippen molar-refractivity contribution in [1.82, 2.24) is 9.97 Å². The monoisotopic (exact) mass is 636 g/mol. The van der Waals surface area contributed by atoms with Gasteiger partial charge in [0, 0.05) is 24.8 Å². The summed E-state index contributed by atoms with van der Waals surface area (Å²) < 4.78 is 0. The number of nitrogens with zero attached hydrogens (tertiary/aromatic N) is 2. The smallest absolute Gasteiger partial charge is 0.0590 e. The van der Waals surface area contributed by atoms with E-state index in [4.69, 9.17) is 0 Å². The van der Waals surface area contributed by atoms with Crippen molar-refractivity contribution in [2.45, 2.75) is 120 Å². The third-order valence-corrected chi connectivity index (χ3v) is 19.3. The number of rotatable bonds is 7. The molecule has 8 bridgehead atoms. The second kappa shape index (κ2) is 10.6. The zero-order valence-electron chi connectivity index (χ0n) is 28.0. The summed E-state index contributed by atoms with van der Waals surface area (Å²) in [7, 11) is 3.27. The molecule has 11 rings (SSSR count). The summed E-state index contributed by atoms with van der Waals surface area (Å²) >= 11 is 0. The Bertz CT molecular complexity index is 1360. The maximum Gasteiger partial charge on any atom is 0.0590 e. The summed E-state index contributed by atoms with van der Waals surface area (Å²) in [6.07, 6.45) is 32.1. The van der Waals surface area contributed by atoms with E-state index in [9.17, 15) is 0 Å². The lowest BCUT2D eigenvalue weighted by Gasteiger charge is -2.67. The second-order valence-electron chi connectivity index (χ2n) is 18.3. The maximum absolute atomic E-state index is 4.69. The van der Waals surface area contributed by atoms with Crippen LogP contribution in [0.4, 0.5) is 0 Å². The number of allylic oxidation sites excluding steroid dienone is 4. The number of hydrogen-bond acceptors (Lipinski definition) is 2. The van der Waals surface area contributed by atoms with Crippen LogP contribution >= 0.6 is 17.2 Å². The quantitative estimate of drug-likeness (QED) is 0.283. The molecule has 0 radical (unpaired) electrons. The second-order valence-corrected chi connectivity index (χ2v) is 22.2. The van der Waals surface area contributed by atoms with Gasteiger partial charge in [-0.15, -0.1) is 9.24 Å². The summed E-state index contributed by atoms with van der Waals surface area (Å²) in [5, 5.41) is 0.960. The highest BCUT2D eigenvalue weighted by atomic mass is 31.1. The van der Waals surface area contributed by atoms with Gasteiger partial charge in [0.2, 0.25) is 0 Å². The zero-order valence-corrected chi connectivity index (χ0v) is 30.0. The van der Waals surface area contributed by atoms with Crippen molar-refractivity contribution in [2.24, 2.45) is 40.9 Å². The first-order valence-electron chi connectivity index (χ1n) is 18.4. The van der Waals surface area contributed by atoms with Gasteiger partial charge in [-0.2, -0.15) is 0 Å². The lowest BCUT2D eigenvalue weighted by molar-refractivity contribution is 0.0187. The van der Waals surface area contributed by atoms with E-state index in [-0.39, 0.29) is 18.5 Å². The minimum absolute atomic E-state index is 0.129. The molecule has 0 aromatic carbocycles. The Labute approximate surface area is 276 Å². The van der Waals surface area contributed by atoms with E-state index in [0.717, 1.165) is 41.9 Å². The molecule has 8 fully saturated rings. The SMILES string of the molecule is CC(C)(C)C1=CC(CP(C23CC4CC(CC(C4)C2)C3)C23CC4CC(CC(C4)C2)C3)=C(C(P)(c2cccnc2)c2cccnc2)C1. The first-order valence-corrected chi connectivity index (χ1v) is 20.5. The summed E-state index contributed by atoms with van der Waals surface area (Å²) in [4.78, 5) is 9.37. The molecule has 2 aromatic heterocycles. The molecule has 0 saturated heterocycles. The van der Waals surface area contributed by atoms with Crippen molar-refractivity contribution < 1.29 is 0 Å². The van der Waals surface area contributed by atoms with Crippen LogP contribution in [0.5, 0.6) is 0 Å². The third-order valence-electron chi connectivity index (χ3n) is 14.3. The molecule has 0 N–H and O–H groups in total. The van der Waals surface area contributed by atoms with Crippen molar-refractivity contribution in [3.63, 3.8) is 0 Å². The molecule has 9 aliphatic rings. The first-order chi connectivity index (χ1) is 21.6. The first kappa shape index (κ1) is 29.8. The molecule has 238 valence electrons. The third kappa shape index (κ3) is 4.84. The molecule has 45 heavy (non-hydrogen) atoms. The Hall–Kier alpha value is -1.36. The maximum atomic E-state index is 4.69. The van der Waals surface area contributed by atoms with Crippen LogP contribution in [0.25, 0.3) is 0 Å². The van der Waals surface area contributed by atoms with E-state index in [0.29, 0.717) is 10.3 Å². The molecule has 4 heteroatoms. The fraction of sp³-hybridized carbons (Fsp3) is 0.659. The van der Waals surface area contributed by atoms with Crippen LogP contribution in [0.15, 0.2) is 71.8 Å². The topological polar surface area (TPSA) is 25.8 Å². The van der Waals surface area contributed by atoms with Crippen LogP contribution in [0, 0.1) is 40.9 Å². The lowest BCUT2D eigenvalue weighted by Crippen LogP contribution is -2.57. The minimum Gasteiger partial charge on any atom is -0.264 e. The van der Waals surface area contributed by atoms with E-state index in [1.54, 1.807) is 93.8 Å². The van der Waals surface area contributed by atoms with E-state index < -0.39 is 0 Å². The summed E-state index contributed by atoms with van der Waals surface area (Å²) in [5.74, 6) is 6.16. The Kier molecular flexibility index (Phi) is 6.99. The molecule has 2 heterocycles. The molecule has 8 saturated carbocycles. The van der Waals surface area contributed by atoms with Gasteiger partial charge in [0.05, 0.1) is 5.16 Å². The molecule has 2 nitrogen and oxygen atoms in total. The Morgan fingerprint density at radius 2 is 1.13 bits per heavy atom. The van der Waals surface area contributed by atoms with Crippen molar-refractivity contribution >= 4 is 17.2 Å². The van der Waals surface area contributed by atoms with E-state index in [1.165, 1.54) is 17.3 Å². The molecular weight excluding hydrogens is 582 g/mol. The normalized spacial score (nSPS) is 39.1. The van der Waals surface area contributed by atoms with E-state index in [2.05, 4.69) is 82.7 Å². The molecule has 0 spiro atoms. The highest BCUT2D eigenvalue weighted by Gasteiger charge is 2.62. The molecule has 0 amide bonds. The zero-order chi connectivity index (χ0) is 30.6. The van der Waals surface area contributed by atoms with Crippen LogP contribution in [0.2, 0.25) is 0 Å². The van der Waals surface area contributed by atoms with Crippen molar-refractivity contribution in [2.75, 3.05) is 6.16 Å². The average molecular weight is 637 g/mol. The molecule has 0 aliphatic heterocycles. The van der Waals surface area contributed by atoms with Gasteiger partial charge < -0.3 is 0 Å². The highest BCUT2D eigenvalue weighted by molar-refractivity contribution is 7.61. The summed E-state index contributed by atoms with van der Waals surface area (Å²) in [5.41, 5.74) is 7.69. The molecule has 9 aliphatic carbocycles. The fourth-order valence-electron chi connectivity index (χ4n) is 13.2. The molecule has 2 aromatic rings. The van der Waals surface area contributed by atoms with Crippen molar-refractivity contribution in [1.29, 1.82) is 0 Å². The summed E-state index contributed by atoms with van der Waals surface area (Å²) in [6, 6.07) is 8.90. The largest absolute Gasteiger partial charge is 0.264 e. The van der Waals surface area contributed by atoms with Gasteiger partial charge in [-0.25, -0.2) is 0 Å². The van der Waals surface area contributed by atoms with Crippen molar-refractivity contribution in [3.8, 4) is 0 Å². The van der Waals surface area contributed by atoms with Crippen LogP contribution in [0.3, 0.4) is 0 Å². The standard InChI is InChI=1S/C41H54N2P2/c1-38(2,3)36-16-33(37(17-36)41(44,34-6-4-8-42-24-34)35-7-5-9-43-25-35)26-45(39-18-27-10-28(19-39)12-29(11-27)20-39)40-21-30-13-31(22-40)15-32(14-30)23-40/h4-9,16,24-25,27-32H,10-15,17-23,26,44H2,1-3H3. The number of hydrogen-bond donors (Lipinski definition) is 0. The Morgan fingerprint density at radius 3 is 1.49 bits per heavy atom.